The van der Waals surface area contributed by atoms with Crippen LogP contribution < -0.4 is 10.1 Å². The number of hydrogen-bond donors (Lipinski definition) is 1. The highest BCUT2D eigenvalue weighted by atomic mass is 16.6. The molecule has 0 radical (unpaired) electrons. The quantitative estimate of drug-likeness (QED) is 0.482. The summed E-state index contributed by atoms with van der Waals surface area (Å²) in [4.78, 5) is 24.0. The van der Waals surface area contributed by atoms with Gasteiger partial charge in [0.2, 0.25) is 5.91 Å². The molecule has 1 saturated heterocycles. The normalized spacial score (nSPS) is 16.1. The molecule has 1 aromatic carbocycles. The Morgan fingerprint density at radius 3 is 2.73 bits per heavy atom. The Hall–Kier alpha value is -2.60. The lowest BCUT2D eigenvalue weighted by Crippen LogP contribution is -2.17. The van der Waals surface area contributed by atoms with Crippen LogP contribution in [-0.4, -0.2) is 31.0 Å². The number of rotatable bonds is 7. The Morgan fingerprint density at radius 1 is 1.23 bits per heavy atom. The number of furan rings is 1. The van der Waals surface area contributed by atoms with Crippen LogP contribution in [0.1, 0.15) is 16.8 Å². The molecule has 6 heteroatoms. The van der Waals surface area contributed by atoms with Crippen molar-refractivity contribution in [3.05, 3.63) is 48.4 Å². The first-order chi connectivity index (χ1) is 10.7. The second kappa shape index (κ2) is 6.44. The molecule has 3 rings (SSSR count). The molecule has 1 amide bonds. The Labute approximate surface area is 127 Å². The van der Waals surface area contributed by atoms with Crippen LogP contribution in [0.2, 0.25) is 0 Å². The van der Waals surface area contributed by atoms with Crippen molar-refractivity contribution in [2.45, 2.75) is 12.5 Å². The molecule has 1 N–H and O–H groups in total. The minimum absolute atomic E-state index is 0.0826. The Kier molecular flexibility index (Phi) is 4.20. The topological polar surface area (TPSA) is 81.1 Å². The van der Waals surface area contributed by atoms with Crippen molar-refractivity contribution in [2.75, 3.05) is 18.5 Å². The number of amides is 1. The van der Waals surface area contributed by atoms with Crippen LogP contribution in [0.3, 0.4) is 0 Å². The van der Waals surface area contributed by atoms with Gasteiger partial charge in [-0.2, -0.15) is 0 Å². The highest BCUT2D eigenvalue weighted by Crippen LogP contribution is 2.23. The molecule has 2 heterocycles. The van der Waals surface area contributed by atoms with E-state index >= 15 is 0 Å². The van der Waals surface area contributed by atoms with Gasteiger partial charge in [0.1, 0.15) is 25.2 Å². The molecule has 6 nitrogen and oxygen atoms in total. The number of epoxide rings is 1. The van der Waals surface area contributed by atoms with E-state index in [0.717, 1.165) is 0 Å². The third-order valence-corrected chi connectivity index (χ3v) is 3.13. The predicted molar refractivity (Wildman–Crippen MR) is 78.0 cm³/mol. The number of para-hydroxylation sites is 1. The Balaban J connectivity index is 1.57. The molecule has 22 heavy (non-hydrogen) atoms. The molecule has 114 valence electrons. The van der Waals surface area contributed by atoms with Crippen molar-refractivity contribution in [1.29, 1.82) is 0 Å². The fourth-order valence-electron chi connectivity index (χ4n) is 1.92. The molecule has 0 saturated carbocycles. The highest BCUT2D eigenvalue weighted by molar-refractivity contribution is 6.11. The zero-order valence-electron chi connectivity index (χ0n) is 11.8. The molecule has 1 unspecified atom stereocenters. The van der Waals surface area contributed by atoms with Gasteiger partial charge >= 0.3 is 0 Å². The van der Waals surface area contributed by atoms with Crippen LogP contribution in [0.4, 0.5) is 5.69 Å². The summed E-state index contributed by atoms with van der Waals surface area (Å²) in [6.07, 6.45) is 2.45. The largest absolute Gasteiger partial charge is 0.487 e. The van der Waals surface area contributed by atoms with Gasteiger partial charge in [-0.15, -0.1) is 0 Å². The molecule has 1 aromatic heterocycles. The number of Topliss-reactive ketones (excluding diaryl/α,β-unsaturated/α-hetero) is 1. The van der Waals surface area contributed by atoms with Gasteiger partial charge < -0.3 is 19.2 Å². The van der Waals surface area contributed by atoms with Gasteiger partial charge in [-0.25, -0.2) is 0 Å². The Morgan fingerprint density at radius 2 is 2.00 bits per heavy atom. The average Bonchev–Trinajstić information content (AvgIpc) is 3.22. The first kappa shape index (κ1) is 14.3. The molecule has 0 bridgehead atoms. The summed E-state index contributed by atoms with van der Waals surface area (Å²) in [5.74, 6) is -0.393. The van der Waals surface area contributed by atoms with Gasteiger partial charge in [0, 0.05) is 5.69 Å². The minimum Gasteiger partial charge on any atom is -0.487 e. The average molecular weight is 301 g/mol. The van der Waals surface area contributed by atoms with E-state index in [4.69, 9.17) is 13.9 Å². The molecular weight excluding hydrogens is 286 g/mol. The zero-order valence-corrected chi connectivity index (χ0v) is 11.8. The lowest BCUT2D eigenvalue weighted by Gasteiger charge is -2.05. The van der Waals surface area contributed by atoms with Crippen LogP contribution in [0.15, 0.2) is 47.3 Å². The van der Waals surface area contributed by atoms with E-state index in [0.29, 0.717) is 24.7 Å². The van der Waals surface area contributed by atoms with Gasteiger partial charge in [-0.1, -0.05) is 18.2 Å². The van der Waals surface area contributed by atoms with Crippen molar-refractivity contribution in [3.8, 4) is 5.75 Å². The monoisotopic (exact) mass is 301 g/mol. The summed E-state index contributed by atoms with van der Waals surface area (Å²) >= 11 is 0. The van der Waals surface area contributed by atoms with Crippen LogP contribution in [0.25, 0.3) is 0 Å². The summed E-state index contributed by atoms with van der Waals surface area (Å²) in [5.41, 5.74) is 0.915. The molecule has 2 aromatic rings. The van der Waals surface area contributed by atoms with Crippen LogP contribution in [0.5, 0.6) is 5.75 Å². The Bertz CT molecular complexity index is 660. The SMILES string of the molecule is O=C(CC(=O)c1cocc1OCC1CO1)Nc1ccccc1. The van der Waals surface area contributed by atoms with E-state index in [9.17, 15) is 9.59 Å². The van der Waals surface area contributed by atoms with Crippen molar-refractivity contribution < 1.29 is 23.5 Å². The van der Waals surface area contributed by atoms with E-state index in [1.807, 2.05) is 6.07 Å². The lowest BCUT2D eigenvalue weighted by molar-refractivity contribution is -0.115. The fourth-order valence-corrected chi connectivity index (χ4v) is 1.92. The summed E-state index contributed by atoms with van der Waals surface area (Å²) < 4.78 is 15.5. The first-order valence-electron chi connectivity index (χ1n) is 6.91. The summed E-state index contributed by atoms with van der Waals surface area (Å²) in [6.45, 7) is 1.04. The summed E-state index contributed by atoms with van der Waals surface area (Å²) in [5, 5.41) is 2.66. The van der Waals surface area contributed by atoms with Gasteiger partial charge in [-0.3, -0.25) is 9.59 Å². The second-order valence-electron chi connectivity index (χ2n) is 4.93. The maximum Gasteiger partial charge on any atom is 0.232 e. The smallest absolute Gasteiger partial charge is 0.232 e. The number of ether oxygens (including phenoxy) is 2. The van der Waals surface area contributed by atoms with E-state index in [2.05, 4.69) is 5.32 Å². The third-order valence-electron chi connectivity index (χ3n) is 3.13. The molecule has 1 aliphatic rings. The zero-order chi connectivity index (χ0) is 15.4. The van der Waals surface area contributed by atoms with Gasteiger partial charge in [0.05, 0.1) is 18.6 Å². The summed E-state index contributed by atoms with van der Waals surface area (Å²) in [7, 11) is 0. The fraction of sp³-hybridized carbons (Fsp3) is 0.250. The third kappa shape index (κ3) is 3.73. The maximum absolute atomic E-state index is 12.2. The maximum atomic E-state index is 12.2. The molecule has 0 spiro atoms. The van der Waals surface area contributed by atoms with Crippen molar-refractivity contribution >= 4 is 17.4 Å². The van der Waals surface area contributed by atoms with Crippen LogP contribution in [0, 0.1) is 0 Å². The van der Waals surface area contributed by atoms with E-state index in [1.54, 1.807) is 24.3 Å². The van der Waals surface area contributed by atoms with E-state index in [1.165, 1.54) is 12.5 Å². The second-order valence-corrected chi connectivity index (χ2v) is 4.93. The van der Waals surface area contributed by atoms with Crippen LogP contribution >= 0.6 is 0 Å². The van der Waals surface area contributed by atoms with Gasteiger partial charge in [-0.05, 0) is 12.1 Å². The van der Waals surface area contributed by atoms with E-state index in [-0.39, 0.29) is 29.8 Å². The minimum atomic E-state index is -0.381. The van der Waals surface area contributed by atoms with Crippen molar-refractivity contribution in [2.24, 2.45) is 0 Å². The predicted octanol–water partition coefficient (Wildman–Crippen LogP) is 2.27. The molecule has 1 fully saturated rings. The molecule has 1 atom stereocenters. The molecule has 0 aliphatic carbocycles. The number of nitrogens with one attached hydrogen (secondary N) is 1. The molecule has 1 aliphatic heterocycles. The van der Waals surface area contributed by atoms with Gasteiger partial charge in [0.15, 0.2) is 11.5 Å². The number of benzene rings is 1. The van der Waals surface area contributed by atoms with Crippen LogP contribution in [-0.2, 0) is 9.53 Å². The number of anilines is 1. The number of ketones is 1. The molecular formula is C16H15NO5. The lowest BCUT2D eigenvalue weighted by atomic mass is 10.1. The number of carbonyl (C=O) groups excluding carboxylic acids is 2. The first-order valence-corrected chi connectivity index (χ1v) is 6.91. The summed E-state index contributed by atoms with van der Waals surface area (Å²) in [6, 6.07) is 8.97. The van der Waals surface area contributed by atoms with Gasteiger partial charge in [0.25, 0.3) is 0 Å². The number of hydrogen-bond acceptors (Lipinski definition) is 5. The van der Waals surface area contributed by atoms with Crippen molar-refractivity contribution in [3.63, 3.8) is 0 Å². The standard InChI is InChI=1S/C16H15NO5/c18-14(6-16(19)17-11-4-2-1-3-5-11)13-9-20-10-15(13)22-8-12-7-21-12/h1-5,9-10,12H,6-8H2,(H,17,19). The highest BCUT2D eigenvalue weighted by Gasteiger charge is 2.25. The number of carbonyl (C=O) groups is 2. The van der Waals surface area contributed by atoms with Crippen molar-refractivity contribution in [1.82, 2.24) is 0 Å². The van der Waals surface area contributed by atoms with E-state index < -0.39 is 0 Å².